The van der Waals surface area contributed by atoms with E-state index in [1.54, 1.807) is 37.4 Å². The molecule has 2 aromatic carbocycles. The Balaban J connectivity index is 1.40. The molecule has 8 nitrogen and oxygen atoms in total. The van der Waals surface area contributed by atoms with Crippen LogP contribution in [0.2, 0.25) is 0 Å². The summed E-state index contributed by atoms with van der Waals surface area (Å²) in [7, 11) is 1.58. The number of aryl methyl sites for hydroxylation is 1. The smallest absolute Gasteiger partial charge is 0.230 e. The van der Waals surface area contributed by atoms with Gasteiger partial charge in [-0.1, -0.05) is 0 Å². The maximum absolute atomic E-state index is 15.0. The highest BCUT2D eigenvalue weighted by Crippen LogP contribution is 2.37. The van der Waals surface area contributed by atoms with Crippen LogP contribution in [0.3, 0.4) is 0 Å². The standard InChI is InChI=1S/C24H26FN5O3/c1-15-11-16-18(29-15)3-4-20(23(16)25)33-24-17-12-21(31-2)22(13-19(17)27-14-28-24)32-10-9-30-7-5-26-6-8-30/h3-4,11-14,26,29H,5-10H2,1-2H3. The highest BCUT2D eigenvalue weighted by Gasteiger charge is 2.17. The fraction of sp³-hybridized carbons (Fsp3) is 0.333. The van der Waals surface area contributed by atoms with Crippen LogP contribution in [0.25, 0.3) is 21.8 Å². The van der Waals surface area contributed by atoms with Crippen molar-refractivity contribution in [1.29, 1.82) is 0 Å². The third-order valence-corrected chi connectivity index (χ3v) is 5.80. The second-order valence-corrected chi connectivity index (χ2v) is 8.03. The molecular formula is C24H26FN5O3. The Bertz CT molecular complexity index is 1290. The summed E-state index contributed by atoms with van der Waals surface area (Å²) < 4.78 is 32.5. The third-order valence-electron chi connectivity index (χ3n) is 5.80. The Hall–Kier alpha value is -3.43. The average Bonchev–Trinajstić information content (AvgIpc) is 3.22. The number of H-pyrrole nitrogens is 1. The number of ether oxygens (including phenoxy) is 3. The van der Waals surface area contributed by atoms with Crippen LogP contribution in [0, 0.1) is 12.7 Å². The van der Waals surface area contributed by atoms with Gasteiger partial charge in [0, 0.05) is 55.4 Å². The number of hydrogen-bond acceptors (Lipinski definition) is 7. The van der Waals surface area contributed by atoms with Crippen LogP contribution in [-0.2, 0) is 0 Å². The average molecular weight is 452 g/mol. The number of methoxy groups -OCH3 is 1. The number of aromatic nitrogens is 3. The minimum atomic E-state index is -0.441. The minimum absolute atomic E-state index is 0.0943. The molecule has 4 aromatic rings. The lowest BCUT2D eigenvalue weighted by Crippen LogP contribution is -2.44. The molecule has 1 aliphatic heterocycles. The first-order valence-electron chi connectivity index (χ1n) is 11.0. The fourth-order valence-electron chi connectivity index (χ4n) is 4.08. The minimum Gasteiger partial charge on any atom is -0.493 e. The van der Waals surface area contributed by atoms with E-state index in [-0.39, 0.29) is 11.6 Å². The second-order valence-electron chi connectivity index (χ2n) is 8.03. The number of hydrogen-bond donors (Lipinski definition) is 2. The molecule has 0 aliphatic carbocycles. The van der Waals surface area contributed by atoms with Crippen LogP contribution >= 0.6 is 0 Å². The molecule has 0 radical (unpaired) electrons. The van der Waals surface area contributed by atoms with E-state index in [2.05, 4.69) is 25.2 Å². The second kappa shape index (κ2) is 9.21. The molecule has 9 heteroatoms. The summed E-state index contributed by atoms with van der Waals surface area (Å²) in [4.78, 5) is 14.1. The Morgan fingerprint density at radius 2 is 1.88 bits per heavy atom. The topological polar surface area (TPSA) is 84.5 Å². The summed E-state index contributed by atoms with van der Waals surface area (Å²) in [5.41, 5.74) is 2.22. The number of benzene rings is 2. The molecule has 0 unspecified atom stereocenters. The maximum Gasteiger partial charge on any atom is 0.230 e. The molecule has 3 heterocycles. The van der Waals surface area contributed by atoms with Crippen molar-refractivity contribution < 1.29 is 18.6 Å². The maximum atomic E-state index is 15.0. The molecule has 0 spiro atoms. The van der Waals surface area contributed by atoms with Crippen molar-refractivity contribution in [2.75, 3.05) is 46.4 Å². The summed E-state index contributed by atoms with van der Waals surface area (Å²) in [6.07, 6.45) is 1.39. The van der Waals surface area contributed by atoms with Crippen molar-refractivity contribution in [3.05, 3.63) is 48.2 Å². The molecule has 1 saturated heterocycles. The molecule has 1 aliphatic rings. The van der Waals surface area contributed by atoms with E-state index in [1.165, 1.54) is 6.33 Å². The van der Waals surface area contributed by atoms with Gasteiger partial charge in [0.2, 0.25) is 5.88 Å². The van der Waals surface area contributed by atoms with E-state index in [1.807, 2.05) is 6.92 Å². The zero-order valence-corrected chi connectivity index (χ0v) is 18.7. The van der Waals surface area contributed by atoms with E-state index in [9.17, 15) is 0 Å². The SMILES string of the molecule is COc1cc2c(Oc3ccc4[nH]c(C)cc4c3F)ncnc2cc1OCCN1CCNCC1. The van der Waals surface area contributed by atoms with E-state index < -0.39 is 5.82 Å². The van der Waals surface area contributed by atoms with Crippen molar-refractivity contribution >= 4 is 21.8 Å². The highest BCUT2D eigenvalue weighted by atomic mass is 19.1. The summed E-state index contributed by atoms with van der Waals surface area (Å²) >= 11 is 0. The lowest BCUT2D eigenvalue weighted by atomic mass is 10.2. The molecule has 0 amide bonds. The van der Waals surface area contributed by atoms with Crippen molar-refractivity contribution in [3.63, 3.8) is 0 Å². The highest BCUT2D eigenvalue weighted by molar-refractivity contribution is 5.87. The number of aromatic amines is 1. The van der Waals surface area contributed by atoms with Gasteiger partial charge in [0.25, 0.3) is 0 Å². The first-order chi connectivity index (χ1) is 16.1. The van der Waals surface area contributed by atoms with Crippen LogP contribution in [0.1, 0.15) is 5.69 Å². The molecule has 5 rings (SSSR count). The fourth-order valence-corrected chi connectivity index (χ4v) is 4.08. The molecule has 2 N–H and O–H groups in total. The predicted molar refractivity (Wildman–Crippen MR) is 124 cm³/mol. The van der Waals surface area contributed by atoms with Gasteiger partial charge in [-0.15, -0.1) is 0 Å². The first-order valence-corrected chi connectivity index (χ1v) is 11.0. The van der Waals surface area contributed by atoms with Crippen molar-refractivity contribution in [1.82, 2.24) is 25.2 Å². The third kappa shape index (κ3) is 4.42. The lowest BCUT2D eigenvalue weighted by Gasteiger charge is -2.27. The molecule has 0 atom stereocenters. The Kier molecular flexibility index (Phi) is 5.97. The van der Waals surface area contributed by atoms with Gasteiger partial charge in [0.15, 0.2) is 23.1 Å². The zero-order chi connectivity index (χ0) is 22.8. The van der Waals surface area contributed by atoms with Gasteiger partial charge in [-0.25, -0.2) is 14.4 Å². The zero-order valence-electron chi connectivity index (χ0n) is 18.7. The van der Waals surface area contributed by atoms with E-state index >= 15 is 4.39 Å². The van der Waals surface area contributed by atoms with Crippen LogP contribution in [0.5, 0.6) is 23.1 Å². The Labute approximate surface area is 190 Å². The number of halogens is 1. The molecule has 2 aromatic heterocycles. The van der Waals surface area contributed by atoms with Crippen LogP contribution in [0.15, 0.2) is 36.7 Å². The van der Waals surface area contributed by atoms with Crippen LogP contribution < -0.4 is 19.5 Å². The van der Waals surface area contributed by atoms with Gasteiger partial charge >= 0.3 is 0 Å². The molecule has 33 heavy (non-hydrogen) atoms. The summed E-state index contributed by atoms with van der Waals surface area (Å²) in [6.45, 7) is 7.27. The van der Waals surface area contributed by atoms with Crippen molar-refractivity contribution in [2.24, 2.45) is 0 Å². The summed E-state index contributed by atoms with van der Waals surface area (Å²) in [5, 5.41) is 4.42. The van der Waals surface area contributed by atoms with E-state index in [0.717, 1.165) is 38.4 Å². The Morgan fingerprint density at radius 3 is 2.70 bits per heavy atom. The monoisotopic (exact) mass is 451 g/mol. The van der Waals surface area contributed by atoms with Crippen LogP contribution in [-0.4, -0.2) is 66.3 Å². The van der Waals surface area contributed by atoms with Gasteiger partial charge < -0.3 is 24.5 Å². The number of rotatable bonds is 7. The number of nitrogens with zero attached hydrogens (tertiary/aromatic N) is 3. The van der Waals surface area contributed by atoms with Gasteiger partial charge in [0.05, 0.1) is 18.0 Å². The van der Waals surface area contributed by atoms with Gasteiger partial charge in [-0.3, -0.25) is 4.90 Å². The normalized spacial score (nSPS) is 14.6. The molecule has 172 valence electrons. The predicted octanol–water partition coefficient (Wildman–Crippen LogP) is 3.64. The summed E-state index contributed by atoms with van der Waals surface area (Å²) in [5.74, 6) is 1.04. The molecule has 1 fully saturated rings. The molecular weight excluding hydrogens is 425 g/mol. The van der Waals surface area contributed by atoms with E-state index in [0.29, 0.717) is 39.9 Å². The molecule has 0 bridgehead atoms. The summed E-state index contributed by atoms with van der Waals surface area (Å²) in [6, 6.07) is 8.70. The van der Waals surface area contributed by atoms with Crippen LogP contribution in [0.4, 0.5) is 4.39 Å². The number of piperazine rings is 1. The number of nitrogens with one attached hydrogen (secondary N) is 2. The largest absolute Gasteiger partial charge is 0.493 e. The van der Waals surface area contributed by atoms with Gasteiger partial charge in [0.1, 0.15) is 12.9 Å². The lowest BCUT2D eigenvalue weighted by molar-refractivity contribution is 0.188. The quantitative estimate of drug-likeness (QED) is 0.444. The Morgan fingerprint density at radius 1 is 1.03 bits per heavy atom. The van der Waals surface area contributed by atoms with Crippen molar-refractivity contribution in [3.8, 4) is 23.1 Å². The van der Waals surface area contributed by atoms with Crippen molar-refractivity contribution in [2.45, 2.75) is 6.92 Å². The first kappa shape index (κ1) is 21.4. The number of fused-ring (bicyclic) bond motifs is 2. The van der Waals surface area contributed by atoms with E-state index in [4.69, 9.17) is 14.2 Å². The van der Waals surface area contributed by atoms with Gasteiger partial charge in [-0.2, -0.15) is 0 Å². The molecule has 0 saturated carbocycles. The van der Waals surface area contributed by atoms with Gasteiger partial charge in [-0.05, 0) is 31.2 Å².